The van der Waals surface area contributed by atoms with Crippen LogP contribution < -0.4 is 0 Å². The van der Waals surface area contributed by atoms with E-state index in [4.69, 9.17) is 0 Å². The van der Waals surface area contributed by atoms with Gasteiger partial charge in [0.05, 0.1) is 0 Å². The standard InChI is InChI=1S/C19H29N3O2/c1-5-21-11-13-22(14-12-21)18(24)19(2,3)17(23)20(4)15-16-9-7-6-8-10-16/h6-10H,5,11-15H2,1-4H3. The van der Waals surface area contributed by atoms with Crippen molar-refractivity contribution in [3.05, 3.63) is 35.9 Å². The molecule has 2 amide bonds. The van der Waals surface area contributed by atoms with Crippen molar-refractivity contribution >= 4 is 11.8 Å². The maximum Gasteiger partial charge on any atom is 0.237 e. The van der Waals surface area contributed by atoms with Crippen molar-refractivity contribution in [2.75, 3.05) is 39.8 Å². The summed E-state index contributed by atoms with van der Waals surface area (Å²) >= 11 is 0. The largest absolute Gasteiger partial charge is 0.341 e. The molecule has 0 aliphatic carbocycles. The van der Waals surface area contributed by atoms with Gasteiger partial charge in [0, 0.05) is 39.8 Å². The van der Waals surface area contributed by atoms with E-state index < -0.39 is 5.41 Å². The second-order valence-electron chi connectivity index (χ2n) is 7.00. The summed E-state index contributed by atoms with van der Waals surface area (Å²) < 4.78 is 0. The summed E-state index contributed by atoms with van der Waals surface area (Å²) in [6.45, 7) is 10.3. The number of hydrogen-bond acceptors (Lipinski definition) is 3. The number of carbonyl (C=O) groups is 2. The number of piperazine rings is 1. The van der Waals surface area contributed by atoms with E-state index in [1.54, 1.807) is 25.8 Å². The first-order valence-electron chi connectivity index (χ1n) is 8.67. The van der Waals surface area contributed by atoms with Gasteiger partial charge in [-0.05, 0) is 26.0 Å². The monoisotopic (exact) mass is 331 g/mol. The predicted octanol–water partition coefficient (Wildman–Crippen LogP) is 1.84. The van der Waals surface area contributed by atoms with Gasteiger partial charge in [0.25, 0.3) is 0 Å². The van der Waals surface area contributed by atoms with Crippen LogP contribution in [0.4, 0.5) is 0 Å². The highest BCUT2D eigenvalue weighted by atomic mass is 16.2. The molecule has 132 valence electrons. The lowest BCUT2D eigenvalue weighted by Gasteiger charge is -2.38. The normalized spacial score (nSPS) is 16.1. The van der Waals surface area contributed by atoms with Crippen LogP contribution in [0.2, 0.25) is 0 Å². The van der Waals surface area contributed by atoms with E-state index >= 15 is 0 Å². The Hall–Kier alpha value is -1.88. The Balaban J connectivity index is 1.99. The van der Waals surface area contributed by atoms with Gasteiger partial charge in [0.2, 0.25) is 11.8 Å². The van der Waals surface area contributed by atoms with Crippen molar-refractivity contribution in [1.29, 1.82) is 0 Å². The van der Waals surface area contributed by atoms with Crippen molar-refractivity contribution in [1.82, 2.24) is 14.7 Å². The maximum atomic E-state index is 12.9. The molecule has 1 aromatic rings. The zero-order valence-corrected chi connectivity index (χ0v) is 15.3. The van der Waals surface area contributed by atoms with E-state index in [1.807, 2.05) is 35.2 Å². The van der Waals surface area contributed by atoms with Crippen molar-refractivity contribution in [3.8, 4) is 0 Å². The highest BCUT2D eigenvalue weighted by Crippen LogP contribution is 2.23. The second-order valence-corrected chi connectivity index (χ2v) is 7.00. The molecular formula is C19H29N3O2. The van der Waals surface area contributed by atoms with Gasteiger partial charge in [-0.1, -0.05) is 37.3 Å². The molecule has 2 rings (SSSR count). The van der Waals surface area contributed by atoms with E-state index in [0.717, 1.165) is 25.2 Å². The van der Waals surface area contributed by atoms with Crippen LogP contribution in [-0.2, 0) is 16.1 Å². The molecular weight excluding hydrogens is 302 g/mol. The predicted molar refractivity (Wildman–Crippen MR) is 95.4 cm³/mol. The Morgan fingerprint density at radius 1 is 1.08 bits per heavy atom. The summed E-state index contributed by atoms with van der Waals surface area (Å²) in [7, 11) is 1.76. The molecule has 0 N–H and O–H groups in total. The van der Waals surface area contributed by atoms with Crippen molar-refractivity contribution < 1.29 is 9.59 Å². The first kappa shape index (κ1) is 18.5. The Morgan fingerprint density at radius 3 is 2.21 bits per heavy atom. The van der Waals surface area contributed by atoms with Gasteiger partial charge in [-0.3, -0.25) is 9.59 Å². The fourth-order valence-corrected chi connectivity index (χ4v) is 3.16. The van der Waals surface area contributed by atoms with E-state index in [-0.39, 0.29) is 11.8 Å². The zero-order valence-electron chi connectivity index (χ0n) is 15.3. The molecule has 1 saturated heterocycles. The van der Waals surface area contributed by atoms with E-state index in [1.165, 1.54) is 0 Å². The summed E-state index contributed by atoms with van der Waals surface area (Å²) in [5.74, 6) is -0.197. The minimum Gasteiger partial charge on any atom is -0.341 e. The summed E-state index contributed by atoms with van der Waals surface area (Å²) in [5, 5.41) is 0. The summed E-state index contributed by atoms with van der Waals surface area (Å²) in [6, 6.07) is 9.84. The Bertz CT molecular complexity index is 563. The van der Waals surface area contributed by atoms with Gasteiger partial charge in [0.15, 0.2) is 0 Å². The SMILES string of the molecule is CCN1CCN(C(=O)C(C)(C)C(=O)N(C)Cc2ccccc2)CC1. The fraction of sp³-hybridized carbons (Fsp3) is 0.579. The number of likely N-dealkylation sites (N-methyl/N-ethyl adjacent to an activating group) is 1. The molecule has 0 saturated carbocycles. The average Bonchev–Trinajstić information content (AvgIpc) is 2.61. The van der Waals surface area contributed by atoms with Crippen LogP contribution in [0.1, 0.15) is 26.3 Å². The first-order valence-corrected chi connectivity index (χ1v) is 8.67. The van der Waals surface area contributed by atoms with Crippen molar-refractivity contribution in [2.45, 2.75) is 27.3 Å². The maximum absolute atomic E-state index is 12.9. The Morgan fingerprint density at radius 2 is 1.67 bits per heavy atom. The Kier molecular flexibility index (Phi) is 5.99. The van der Waals surface area contributed by atoms with Crippen LogP contribution in [-0.4, -0.2) is 66.3 Å². The smallest absolute Gasteiger partial charge is 0.237 e. The van der Waals surface area contributed by atoms with Crippen LogP contribution in [0, 0.1) is 5.41 Å². The van der Waals surface area contributed by atoms with Crippen molar-refractivity contribution in [2.24, 2.45) is 5.41 Å². The number of amides is 2. The van der Waals surface area contributed by atoms with Crippen molar-refractivity contribution in [3.63, 3.8) is 0 Å². The highest BCUT2D eigenvalue weighted by Gasteiger charge is 2.41. The van der Waals surface area contributed by atoms with Gasteiger partial charge in [-0.25, -0.2) is 0 Å². The quantitative estimate of drug-likeness (QED) is 0.773. The molecule has 0 radical (unpaired) electrons. The van der Waals surface area contributed by atoms with E-state index in [2.05, 4.69) is 11.8 Å². The summed E-state index contributed by atoms with van der Waals surface area (Å²) in [6.07, 6.45) is 0. The minimum atomic E-state index is -1.03. The van der Waals surface area contributed by atoms with Crippen LogP contribution >= 0.6 is 0 Å². The number of benzene rings is 1. The molecule has 0 spiro atoms. The molecule has 5 heteroatoms. The third-order valence-electron chi connectivity index (χ3n) is 4.79. The molecule has 1 fully saturated rings. The van der Waals surface area contributed by atoms with Crippen LogP contribution in [0.15, 0.2) is 30.3 Å². The van der Waals surface area contributed by atoms with E-state index in [0.29, 0.717) is 19.6 Å². The van der Waals surface area contributed by atoms with Gasteiger partial charge in [-0.15, -0.1) is 0 Å². The number of nitrogens with zero attached hydrogens (tertiary/aromatic N) is 3. The number of rotatable bonds is 5. The molecule has 0 aromatic heterocycles. The molecule has 1 aromatic carbocycles. The van der Waals surface area contributed by atoms with Crippen LogP contribution in [0.3, 0.4) is 0 Å². The minimum absolute atomic E-state index is 0.0665. The molecule has 1 aliphatic heterocycles. The van der Waals surface area contributed by atoms with Gasteiger partial charge < -0.3 is 14.7 Å². The van der Waals surface area contributed by atoms with Crippen LogP contribution in [0.25, 0.3) is 0 Å². The molecule has 1 aliphatic rings. The molecule has 5 nitrogen and oxygen atoms in total. The lowest BCUT2D eigenvalue weighted by atomic mass is 9.89. The molecule has 24 heavy (non-hydrogen) atoms. The Labute approximate surface area is 145 Å². The lowest BCUT2D eigenvalue weighted by Crippen LogP contribution is -2.55. The summed E-state index contributed by atoms with van der Waals surface area (Å²) in [4.78, 5) is 31.5. The van der Waals surface area contributed by atoms with Gasteiger partial charge in [0.1, 0.15) is 5.41 Å². The first-order chi connectivity index (χ1) is 11.4. The molecule has 0 unspecified atom stereocenters. The third kappa shape index (κ3) is 4.15. The number of carbonyl (C=O) groups excluding carboxylic acids is 2. The fourth-order valence-electron chi connectivity index (χ4n) is 3.16. The zero-order chi connectivity index (χ0) is 17.7. The van der Waals surface area contributed by atoms with Crippen LogP contribution in [0.5, 0.6) is 0 Å². The average molecular weight is 331 g/mol. The molecule has 0 bridgehead atoms. The highest BCUT2D eigenvalue weighted by molar-refractivity contribution is 6.04. The van der Waals surface area contributed by atoms with Gasteiger partial charge >= 0.3 is 0 Å². The molecule has 1 heterocycles. The molecule has 0 atom stereocenters. The topological polar surface area (TPSA) is 43.9 Å². The van der Waals surface area contributed by atoms with E-state index in [9.17, 15) is 9.59 Å². The second kappa shape index (κ2) is 7.79. The summed E-state index contributed by atoms with van der Waals surface area (Å²) in [5.41, 5.74) is 0.0333. The van der Waals surface area contributed by atoms with Gasteiger partial charge in [-0.2, -0.15) is 0 Å². The third-order valence-corrected chi connectivity index (χ3v) is 4.79. The lowest BCUT2D eigenvalue weighted by molar-refractivity contribution is -0.154. The number of hydrogen-bond donors (Lipinski definition) is 0.